The molecule has 1 saturated heterocycles. The summed E-state index contributed by atoms with van der Waals surface area (Å²) in [5.41, 5.74) is 0.125. The molecular weight excluding hydrogens is 378 g/mol. The summed E-state index contributed by atoms with van der Waals surface area (Å²) in [6.07, 6.45) is 0. The number of carboxylic acid groups (broad SMARTS) is 1. The number of hydrogen-bond acceptors (Lipinski definition) is 5. The first-order valence-corrected chi connectivity index (χ1v) is 10.2. The van der Waals surface area contributed by atoms with Crippen molar-refractivity contribution in [3.8, 4) is 11.5 Å². The molecule has 0 spiro atoms. The van der Waals surface area contributed by atoms with Crippen LogP contribution in [0.3, 0.4) is 0 Å². The second kappa shape index (κ2) is 8.13. The van der Waals surface area contributed by atoms with Crippen molar-refractivity contribution in [2.45, 2.75) is 31.1 Å². The zero-order valence-electron chi connectivity index (χ0n) is 16.3. The third kappa shape index (κ3) is 4.33. The summed E-state index contributed by atoms with van der Waals surface area (Å²) in [5.74, 6) is 0.387. The van der Waals surface area contributed by atoms with Crippen LogP contribution in [0.5, 0.6) is 11.5 Å². The normalized spacial score (nSPS) is 17.0. The van der Waals surface area contributed by atoms with Gasteiger partial charge in [0.05, 0.1) is 13.2 Å². The van der Waals surface area contributed by atoms with E-state index in [1.54, 1.807) is 4.31 Å². The minimum absolute atomic E-state index is 0.293. The predicted octanol–water partition coefficient (Wildman–Crippen LogP) is 3.55. The first-order valence-electron chi connectivity index (χ1n) is 9.05. The van der Waals surface area contributed by atoms with Crippen molar-refractivity contribution >= 4 is 17.3 Å². The highest BCUT2D eigenvalue weighted by Gasteiger charge is 2.54. The van der Waals surface area contributed by atoms with E-state index in [1.165, 1.54) is 0 Å². The van der Waals surface area contributed by atoms with Crippen LogP contribution in [-0.2, 0) is 26.4 Å². The zero-order valence-corrected chi connectivity index (χ0v) is 17.1. The van der Waals surface area contributed by atoms with E-state index in [2.05, 4.69) is 0 Å². The van der Waals surface area contributed by atoms with Crippen molar-refractivity contribution in [3.05, 3.63) is 60.2 Å². The van der Waals surface area contributed by atoms with E-state index in [0.717, 1.165) is 11.3 Å². The Balaban J connectivity index is 1.88. The fourth-order valence-corrected chi connectivity index (χ4v) is 4.45. The number of carboxylic acids is 1. The average molecular weight is 404 g/mol. The first-order chi connectivity index (χ1) is 13.2. The monoisotopic (exact) mass is 403 g/mol. The highest BCUT2D eigenvalue weighted by atomic mass is 32.2. The average Bonchev–Trinajstić information content (AvgIpc) is 2.60. The predicted molar refractivity (Wildman–Crippen MR) is 108 cm³/mol. The highest BCUT2D eigenvalue weighted by Crippen LogP contribution is 2.41. The highest BCUT2D eigenvalue weighted by molar-refractivity contribution is 7.90. The van der Waals surface area contributed by atoms with Gasteiger partial charge in [0.15, 0.2) is 0 Å². The molecule has 6 nitrogen and oxygen atoms in total. The molecule has 1 atom stereocenters. The van der Waals surface area contributed by atoms with Gasteiger partial charge in [0.25, 0.3) is 0 Å². The zero-order chi connectivity index (χ0) is 20.4. The van der Waals surface area contributed by atoms with E-state index in [-0.39, 0.29) is 6.54 Å². The number of ether oxygens (including phenoxy) is 2. The smallest absolute Gasteiger partial charge is 0.322 e. The molecule has 0 amide bonds. The van der Waals surface area contributed by atoms with E-state index in [9.17, 15) is 14.5 Å². The quantitative estimate of drug-likeness (QED) is 0.712. The van der Waals surface area contributed by atoms with Crippen LogP contribution in [-0.4, -0.2) is 44.4 Å². The molecule has 2 aromatic carbocycles. The first kappa shape index (κ1) is 20.7. The summed E-state index contributed by atoms with van der Waals surface area (Å²) in [6.45, 7) is 5.77. The molecule has 1 aliphatic rings. The second-order valence-corrected chi connectivity index (χ2v) is 9.92. The molecule has 0 bridgehead atoms. The van der Waals surface area contributed by atoms with Crippen molar-refractivity contribution in [2.75, 3.05) is 19.8 Å². The SMILES string of the molecule is CC(C)(C)[S@@+]([O-])N(CC(=O)O)C1(c2ccc(Oc3ccccc3)cc2)COC1. The van der Waals surface area contributed by atoms with Crippen LogP contribution >= 0.6 is 0 Å². The van der Waals surface area contributed by atoms with Crippen molar-refractivity contribution in [1.82, 2.24) is 4.31 Å². The minimum atomic E-state index is -1.51. The summed E-state index contributed by atoms with van der Waals surface area (Å²) in [5, 5.41) is 9.40. The molecule has 2 aromatic rings. The molecule has 0 unspecified atom stereocenters. The number of hydrogen-bond donors (Lipinski definition) is 1. The molecule has 0 radical (unpaired) electrons. The van der Waals surface area contributed by atoms with E-state index in [4.69, 9.17) is 9.47 Å². The van der Waals surface area contributed by atoms with Gasteiger partial charge in [0.1, 0.15) is 28.3 Å². The van der Waals surface area contributed by atoms with Gasteiger partial charge in [-0.05, 0) is 50.6 Å². The van der Waals surface area contributed by atoms with Crippen molar-refractivity contribution in [2.24, 2.45) is 0 Å². The lowest BCUT2D eigenvalue weighted by atomic mass is 9.87. The van der Waals surface area contributed by atoms with Gasteiger partial charge in [-0.2, -0.15) is 0 Å². The molecule has 0 aliphatic carbocycles. The van der Waals surface area contributed by atoms with Crippen LogP contribution < -0.4 is 4.74 Å². The molecule has 1 fully saturated rings. The van der Waals surface area contributed by atoms with Crippen LogP contribution in [0.15, 0.2) is 54.6 Å². The number of carbonyl (C=O) groups is 1. The minimum Gasteiger partial charge on any atom is -0.597 e. The van der Waals surface area contributed by atoms with Gasteiger partial charge in [-0.1, -0.05) is 30.3 Å². The molecule has 0 saturated carbocycles. The van der Waals surface area contributed by atoms with Crippen LogP contribution in [0.2, 0.25) is 0 Å². The Morgan fingerprint density at radius 2 is 1.71 bits per heavy atom. The second-order valence-electron chi connectivity index (χ2n) is 7.76. The Labute approximate surface area is 168 Å². The Kier molecular flexibility index (Phi) is 6.00. The number of benzene rings is 2. The summed E-state index contributed by atoms with van der Waals surface area (Å²) in [7, 11) is 0. The standard InChI is InChI=1S/C21H25NO5S/c1-20(2,3)28(25)22(13-19(23)24)21(14-26-15-21)16-9-11-18(12-10-16)27-17-7-5-4-6-8-17/h4-12H,13-15H2,1-3H3,(H,23,24)/t28-/m1/s1. The molecule has 1 heterocycles. The number of para-hydroxylation sites is 1. The Morgan fingerprint density at radius 1 is 1.14 bits per heavy atom. The maximum atomic E-state index is 13.1. The third-order valence-corrected chi connectivity index (χ3v) is 6.46. The van der Waals surface area contributed by atoms with Gasteiger partial charge in [-0.25, -0.2) is 0 Å². The molecule has 28 heavy (non-hydrogen) atoms. The van der Waals surface area contributed by atoms with Gasteiger partial charge in [0, 0.05) is 11.4 Å². The Hall–Kier alpha value is -2.06. The number of nitrogens with zero attached hydrogens (tertiary/aromatic N) is 1. The van der Waals surface area contributed by atoms with E-state index < -0.39 is 27.6 Å². The van der Waals surface area contributed by atoms with E-state index in [0.29, 0.717) is 19.0 Å². The van der Waals surface area contributed by atoms with Gasteiger partial charge >= 0.3 is 5.97 Å². The third-order valence-electron chi connectivity index (χ3n) is 4.53. The van der Waals surface area contributed by atoms with Crippen LogP contribution in [0.4, 0.5) is 0 Å². The number of aliphatic carboxylic acids is 1. The molecule has 0 aromatic heterocycles. The lowest BCUT2D eigenvalue weighted by Gasteiger charge is -2.49. The van der Waals surface area contributed by atoms with Crippen LogP contribution in [0.25, 0.3) is 0 Å². The summed E-state index contributed by atoms with van der Waals surface area (Å²) < 4.78 is 25.3. The van der Waals surface area contributed by atoms with Gasteiger partial charge < -0.3 is 19.1 Å². The maximum Gasteiger partial charge on any atom is 0.322 e. The fraction of sp³-hybridized carbons (Fsp3) is 0.381. The fourth-order valence-electron chi connectivity index (χ4n) is 3.03. The topological polar surface area (TPSA) is 82.1 Å². The summed E-state index contributed by atoms with van der Waals surface area (Å²) >= 11 is -1.51. The molecule has 1 aliphatic heterocycles. The van der Waals surface area contributed by atoms with Crippen molar-refractivity contribution in [1.29, 1.82) is 0 Å². The van der Waals surface area contributed by atoms with Crippen LogP contribution in [0.1, 0.15) is 26.3 Å². The molecule has 150 valence electrons. The largest absolute Gasteiger partial charge is 0.597 e. The molecule has 7 heteroatoms. The molecular formula is C21H25NO5S. The van der Waals surface area contributed by atoms with Crippen molar-refractivity contribution in [3.63, 3.8) is 0 Å². The van der Waals surface area contributed by atoms with E-state index >= 15 is 0 Å². The van der Waals surface area contributed by atoms with Crippen molar-refractivity contribution < 1.29 is 23.9 Å². The Morgan fingerprint density at radius 3 is 2.18 bits per heavy atom. The van der Waals surface area contributed by atoms with Gasteiger partial charge in [-0.3, -0.25) is 4.79 Å². The summed E-state index contributed by atoms with van der Waals surface area (Å²) in [4.78, 5) is 11.5. The van der Waals surface area contributed by atoms with Crippen LogP contribution in [0, 0.1) is 0 Å². The van der Waals surface area contributed by atoms with E-state index in [1.807, 2.05) is 75.4 Å². The molecule has 3 rings (SSSR count). The number of rotatable bonds is 7. The van der Waals surface area contributed by atoms with Gasteiger partial charge in [0.2, 0.25) is 0 Å². The lowest BCUT2D eigenvalue weighted by molar-refractivity contribution is -0.147. The molecule has 1 N–H and O–H groups in total. The van der Waals surface area contributed by atoms with Gasteiger partial charge in [-0.15, -0.1) is 4.31 Å². The lowest BCUT2D eigenvalue weighted by Crippen LogP contribution is -2.64. The summed E-state index contributed by atoms with van der Waals surface area (Å²) in [6, 6.07) is 16.9. The Bertz CT molecular complexity index is 800. The maximum absolute atomic E-state index is 13.1.